The molecule has 1 atom stereocenters. The highest BCUT2D eigenvalue weighted by molar-refractivity contribution is 7.86. The van der Waals surface area contributed by atoms with Gasteiger partial charge in [-0.1, -0.05) is 0 Å². The number of hydrogen-bond acceptors (Lipinski definition) is 4. The van der Waals surface area contributed by atoms with E-state index in [0.717, 1.165) is 19.5 Å². The van der Waals surface area contributed by atoms with Crippen LogP contribution in [0.5, 0.6) is 0 Å². The molecule has 2 heterocycles. The molecule has 1 N–H and O–H groups in total. The molecule has 7 heteroatoms. The number of morpholine rings is 1. The number of nitrogens with one attached hydrogen (secondary N) is 1. The van der Waals surface area contributed by atoms with E-state index in [1.807, 2.05) is 6.92 Å². The normalized spacial score (nSPS) is 30.1. The Morgan fingerprint density at radius 2 is 2.00 bits per heavy atom. The molecule has 0 aromatic heterocycles. The summed E-state index contributed by atoms with van der Waals surface area (Å²) in [5.41, 5.74) is 0. The minimum atomic E-state index is -3.29. The van der Waals surface area contributed by atoms with Crippen molar-refractivity contribution in [2.24, 2.45) is 0 Å². The van der Waals surface area contributed by atoms with Crippen molar-refractivity contribution in [1.82, 2.24) is 13.9 Å². The molecule has 100 valence electrons. The Morgan fingerprint density at radius 1 is 1.18 bits per heavy atom. The van der Waals surface area contributed by atoms with Gasteiger partial charge in [-0.15, -0.1) is 0 Å². The number of ether oxygens (including phenoxy) is 1. The third kappa shape index (κ3) is 3.17. The molecule has 0 aromatic carbocycles. The topological polar surface area (TPSA) is 61.9 Å². The fraction of sp³-hybridized carbons (Fsp3) is 1.00. The van der Waals surface area contributed by atoms with E-state index in [1.165, 1.54) is 0 Å². The van der Waals surface area contributed by atoms with Gasteiger partial charge >= 0.3 is 0 Å². The summed E-state index contributed by atoms with van der Waals surface area (Å²) in [5.74, 6) is 0. The maximum Gasteiger partial charge on any atom is 0.282 e. The summed E-state index contributed by atoms with van der Waals surface area (Å²) in [5, 5.41) is 3.21. The first kappa shape index (κ1) is 13.2. The first-order valence-corrected chi connectivity index (χ1v) is 7.58. The minimum absolute atomic E-state index is 0.0105. The Kier molecular flexibility index (Phi) is 4.37. The first-order chi connectivity index (χ1) is 8.10. The van der Waals surface area contributed by atoms with Gasteiger partial charge in [0.15, 0.2) is 0 Å². The molecule has 0 spiro atoms. The highest BCUT2D eigenvalue weighted by atomic mass is 32.2. The Balaban J connectivity index is 2.05. The SMILES string of the molecule is CC1CN(S(=O)(=O)N2CCCNCC2)CCO1. The predicted molar refractivity (Wildman–Crippen MR) is 65.0 cm³/mol. The summed E-state index contributed by atoms with van der Waals surface area (Å²) in [6.45, 7) is 6.14. The lowest BCUT2D eigenvalue weighted by Crippen LogP contribution is -2.51. The summed E-state index contributed by atoms with van der Waals surface area (Å²) in [6.07, 6.45) is 0.864. The van der Waals surface area contributed by atoms with E-state index in [0.29, 0.717) is 32.8 Å². The minimum Gasteiger partial charge on any atom is -0.376 e. The Morgan fingerprint density at radius 3 is 2.76 bits per heavy atom. The van der Waals surface area contributed by atoms with Crippen molar-refractivity contribution < 1.29 is 13.2 Å². The zero-order valence-corrected chi connectivity index (χ0v) is 11.1. The lowest BCUT2D eigenvalue weighted by Gasteiger charge is -2.34. The van der Waals surface area contributed by atoms with Crippen LogP contribution in [0.1, 0.15) is 13.3 Å². The van der Waals surface area contributed by atoms with Crippen molar-refractivity contribution in [3.63, 3.8) is 0 Å². The van der Waals surface area contributed by atoms with Crippen LogP contribution in [-0.2, 0) is 14.9 Å². The maximum atomic E-state index is 12.4. The summed E-state index contributed by atoms with van der Waals surface area (Å²) in [4.78, 5) is 0. The third-order valence-corrected chi connectivity index (χ3v) is 5.16. The van der Waals surface area contributed by atoms with E-state index in [1.54, 1.807) is 8.61 Å². The molecule has 17 heavy (non-hydrogen) atoms. The van der Waals surface area contributed by atoms with Crippen LogP contribution in [0.2, 0.25) is 0 Å². The largest absolute Gasteiger partial charge is 0.376 e. The third-order valence-electron chi connectivity index (χ3n) is 3.16. The lowest BCUT2D eigenvalue weighted by molar-refractivity contribution is 0.00833. The van der Waals surface area contributed by atoms with Gasteiger partial charge < -0.3 is 10.1 Å². The average molecular weight is 263 g/mol. The first-order valence-electron chi connectivity index (χ1n) is 6.18. The molecule has 1 unspecified atom stereocenters. The number of rotatable bonds is 2. The van der Waals surface area contributed by atoms with Gasteiger partial charge in [-0.3, -0.25) is 0 Å². The molecule has 2 aliphatic heterocycles. The lowest BCUT2D eigenvalue weighted by atomic mass is 10.3. The standard InChI is InChI=1S/C10H21N3O3S/c1-10-9-13(7-8-16-10)17(14,15)12-5-2-3-11-4-6-12/h10-11H,2-9H2,1H3. The van der Waals surface area contributed by atoms with Gasteiger partial charge in [0, 0.05) is 32.7 Å². The molecule has 0 aromatic rings. The van der Waals surface area contributed by atoms with Gasteiger partial charge in [0.2, 0.25) is 0 Å². The van der Waals surface area contributed by atoms with Gasteiger partial charge in [0.05, 0.1) is 12.7 Å². The molecule has 0 radical (unpaired) electrons. The van der Waals surface area contributed by atoms with Crippen molar-refractivity contribution in [3.05, 3.63) is 0 Å². The second-order valence-electron chi connectivity index (χ2n) is 4.55. The van der Waals surface area contributed by atoms with Crippen LogP contribution >= 0.6 is 0 Å². The fourth-order valence-electron chi connectivity index (χ4n) is 2.21. The van der Waals surface area contributed by atoms with E-state index in [4.69, 9.17) is 4.74 Å². The van der Waals surface area contributed by atoms with Crippen LogP contribution in [0.3, 0.4) is 0 Å². The number of hydrogen-bond donors (Lipinski definition) is 1. The van der Waals surface area contributed by atoms with Gasteiger partial charge in [0.25, 0.3) is 10.2 Å². The van der Waals surface area contributed by atoms with Crippen molar-refractivity contribution >= 4 is 10.2 Å². The maximum absolute atomic E-state index is 12.4. The zero-order chi connectivity index (χ0) is 12.3. The summed E-state index contributed by atoms with van der Waals surface area (Å²) in [7, 11) is -3.29. The second-order valence-corrected chi connectivity index (χ2v) is 6.48. The van der Waals surface area contributed by atoms with Gasteiger partial charge in [0.1, 0.15) is 0 Å². The Bertz CT molecular complexity index is 331. The Labute approximate surface area is 103 Å². The van der Waals surface area contributed by atoms with Crippen LogP contribution in [0.25, 0.3) is 0 Å². The molecule has 2 saturated heterocycles. The second kappa shape index (κ2) is 5.62. The molecule has 6 nitrogen and oxygen atoms in total. The molecule has 0 bridgehead atoms. The van der Waals surface area contributed by atoms with Crippen LogP contribution in [-0.4, -0.2) is 69.0 Å². The fourth-order valence-corrected chi connectivity index (χ4v) is 3.92. The molecule has 2 rings (SSSR count). The van der Waals surface area contributed by atoms with Gasteiger partial charge in [-0.25, -0.2) is 0 Å². The van der Waals surface area contributed by atoms with Crippen LogP contribution in [0.15, 0.2) is 0 Å². The summed E-state index contributed by atoms with van der Waals surface area (Å²) < 4.78 is 33.3. The van der Waals surface area contributed by atoms with E-state index < -0.39 is 10.2 Å². The Hall–Kier alpha value is -0.210. The summed E-state index contributed by atoms with van der Waals surface area (Å²) >= 11 is 0. The van der Waals surface area contributed by atoms with E-state index >= 15 is 0 Å². The van der Waals surface area contributed by atoms with E-state index in [9.17, 15) is 8.42 Å². The molecule has 0 aliphatic carbocycles. The van der Waals surface area contributed by atoms with Crippen LogP contribution in [0, 0.1) is 0 Å². The van der Waals surface area contributed by atoms with Crippen LogP contribution < -0.4 is 5.32 Å². The van der Waals surface area contributed by atoms with E-state index in [-0.39, 0.29) is 6.10 Å². The van der Waals surface area contributed by atoms with E-state index in [2.05, 4.69) is 5.32 Å². The van der Waals surface area contributed by atoms with Gasteiger partial charge in [-0.05, 0) is 19.9 Å². The van der Waals surface area contributed by atoms with Crippen molar-refractivity contribution in [2.75, 3.05) is 45.9 Å². The molecule has 2 fully saturated rings. The molecular formula is C10H21N3O3S. The highest BCUT2D eigenvalue weighted by Crippen LogP contribution is 2.14. The zero-order valence-electron chi connectivity index (χ0n) is 10.3. The quantitative estimate of drug-likeness (QED) is 0.712. The smallest absolute Gasteiger partial charge is 0.282 e. The average Bonchev–Trinajstić information content (AvgIpc) is 2.58. The van der Waals surface area contributed by atoms with Crippen molar-refractivity contribution in [1.29, 1.82) is 0 Å². The van der Waals surface area contributed by atoms with Crippen LogP contribution in [0.4, 0.5) is 0 Å². The monoisotopic (exact) mass is 263 g/mol. The number of nitrogens with zero attached hydrogens (tertiary/aromatic N) is 2. The highest BCUT2D eigenvalue weighted by Gasteiger charge is 2.32. The summed E-state index contributed by atoms with van der Waals surface area (Å²) in [6, 6.07) is 0. The van der Waals surface area contributed by atoms with Crippen molar-refractivity contribution in [3.8, 4) is 0 Å². The predicted octanol–water partition coefficient (Wildman–Crippen LogP) is -0.753. The van der Waals surface area contributed by atoms with Crippen molar-refractivity contribution in [2.45, 2.75) is 19.4 Å². The molecular weight excluding hydrogens is 242 g/mol. The molecule has 0 saturated carbocycles. The van der Waals surface area contributed by atoms with Gasteiger partial charge in [-0.2, -0.15) is 17.0 Å². The molecule has 2 aliphatic rings. The molecule has 0 amide bonds.